The average Bonchev–Trinajstić information content (AvgIpc) is 2.81. The molecule has 1 aliphatic rings. The van der Waals surface area contributed by atoms with Gasteiger partial charge in [-0.05, 0) is 48.9 Å². The number of amides is 1. The molecule has 1 amide bonds. The lowest BCUT2D eigenvalue weighted by molar-refractivity contribution is 0.102. The summed E-state index contributed by atoms with van der Waals surface area (Å²) in [5.74, 6) is 0.746. The maximum atomic E-state index is 12.1. The Hall–Kier alpha value is -1.61. The number of nitrogens with one attached hydrogen (secondary N) is 1. The second-order valence-corrected chi connectivity index (χ2v) is 6.36. The third kappa shape index (κ3) is 2.71. The lowest BCUT2D eigenvalue weighted by atomic mass is 9.91. The van der Waals surface area contributed by atoms with Crippen molar-refractivity contribution in [1.29, 1.82) is 0 Å². The van der Waals surface area contributed by atoms with E-state index in [9.17, 15) is 4.79 Å². The quantitative estimate of drug-likeness (QED) is 0.874. The van der Waals surface area contributed by atoms with Crippen molar-refractivity contribution < 1.29 is 4.79 Å². The van der Waals surface area contributed by atoms with Gasteiger partial charge in [0.25, 0.3) is 5.91 Å². The minimum atomic E-state index is -0.0211. The number of rotatable bonds is 2. The van der Waals surface area contributed by atoms with Crippen molar-refractivity contribution in [3.8, 4) is 0 Å². The highest BCUT2D eigenvalue weighted by atomic mass is 32.1. The predicted octanol–water partition coefficient (Wildman–Crippen LogP) is 4.13. The van der Waals surface area contributed by atoms with E-state index in [1.165, 1.54) is 16.9 Å². The second-order valence-electron chi connectivity index (χ2n) is 5.23. The molecule has 0 aliphatic heterocycles. The standard InChI is InChI=1S/C16H17NOS/c1-11-7-8-13-10-15(19-14(13)9-11)17-16(18)12-5-3-2-4-6-12/h2-6,10-11H,7-9H2,1H3,(H,17,18). The van der Waals surface area contributed by atoms with E-state index in [4.69, 9.17) is 0 Å². The first-order chi connectivity index (χ1) is 9.22. The smallest absolute Gasteiger partial charge is 0.256 e. The molecule has 1 atom stereocenters. The summed E-state index contributed by atoms with van der Waals surface area (Å²) in [6.45, 7) is 2.30. The fraction of sp³-hybridized carbons (Fsp3) is 0.312. The summed E-state index contributed by atoms with van der Waals surface area (Å²) in [4.78, 5) is 13.5. The highest BCUT2D eigenvalue weighted by molar-refractivity contribution is 7.16. The molecule has 98 valence electrons. The van der Waals surface area contributed by atoms with Gasteiger partial charge in [-0.15, -0.1) is 11.3 Å². The van der Waals surface area contributed by atoms with Crippen LogP contribution in [0.3, 0.4) is 0 Å². The molecule has 3 heteroatoms. The fourth-order valence-electron chi connectivity index (χ4n) is 2.51. The molecule has 2 aromatic rings. The molecule has 1 unspecified atom stereocenters. The Balaban J connectivity index is 1.76. The molecule has 0 spiro atoms. The molecule has 1 heterocycles. The van der Waals surface area contributed by atoms with Gasteiger partial charge in [0.2, 0.25) is 0 Å². The van der Waals surface area contributed by atoms with Crippen molar-refractivity contribution >= 4 is 22.2 Å². The summed E-state index contributed by atoms with van der Waals surface area (Å²) >= 11 is 1.73. The molecule has 1 aromatic carbocycles. The van der Waals surface area contributed by atoms with E-state index < -0.39 is 0 Å². The van der Waals surface area contributed by atoms with Crippen molar-refractivity contribution in [2.75, 3.05) is 5.32 Å². The van der Waals surface area contributed by atoms with Gasteiger partial charge in [0.05, 0.1) is 5.00 Å². The summed E-state index contributed by atoms with van der Waals surface area (Å²) in [7, 11) is 0. The van der Waals surface area contributed by atoms with Crippen LogP contribution < -0.4 is 5.32 Å². The van der Waals surface area contributed by atoms with Gasteiger partial charge in [0.1, 0.15) is 0 Å². The Kier molecular flexibility index (Phi) is 3.38. The van der Waals surface area contributed by atoms with Crippen LogP contribution in [0.1, 0.15) is 34.1 Å². The monoisotopic (exact) mass is 271 g/mol. The molecular formula is C16H17NOS. The van der Waals surface area contributed by atoms with Crippen molar-refractivity contribution in [1.82, 2.24) is 0 Å². The van der Waals surface area contributed by atoms with Gasteiger partial charge >= 0.3 is 0 Å². The first-order valence-electron chi connectivity index (χ1n) is 6.70. The number of aryl methyl sites for hydroxylation is 1. The van der Waals surface area contributed by atoms with Crippen molar-refractivity contribution in [3.63, 3.8) is 0 Å². The van der Waals surface area contributed by atoms with Crippen molar-refractivity contribution in [2.24, 2.45) is 5.92 Å². The van der Waals surface area contributed by atoms with E-state index in [2.05, 4.69) is 18.3 Å². The minimum Gasteiger partial charge on any atom is -0.314 e. The molecule has 0 saturated heterocycles. The van der Waals surface area contributed by atoms with Gasteiger partial charge in [0, 0.05) is 10.4 Å². The van der Waals surface area contributed by atoms with Gasteiger partial charge in [0.15, 0.2) is 0 Å². The van der Waals surface area contributed by atoms with Crippen LogP contribution in [0.4, 0.5) is 5.00 Å². The summed E-state index contributed by atoms with van der Waals surface area (Å²) in [6.07, 6.45) is 3.56. The Morgan fingerprint density at radius 2 is 2.11 bits per heavy atom. The molecular weight excluding hydrogens is 254 g/mol. The zero-order chi connectivity index (χ0) is 13.2. The maximum Gasteiger partial charge on any atom is 0.256 e. The normalized spacial score (nSPS) is 17.8. The fourth-order valence-corrected chi connectivity index (χ4v) is 3.78. The molecule has 1 aromatic heterocycles. The number of benzene rings is 1. The van der Waals surface area contributed by atoms with Crippen LogP contribution in [-0.2, 0) is 12.8 Å². The molecule has 19 heavy (non-hydrogen) atoms. The van der Waals surface area contributed by atoms with E-state index in [0.717, 1.165) is 23.8 Å². The van der Waals surface area contributed by atoms with Crippen molar-refractivity contribution in [3.05, 3.63) is 52.4 Å². The Bertz CT molecular complexity index is 588. The number of hydrogen-bond donors (Lipinski definition) is 1. The molecule has 0 saturated carbocycles. The van der Waals surface area contributed by atoms with Gasteiger partial charge < -0.3 is 5.32 Å². The summed E-state index contributed by atoms with van der Waals surface area (Å²) in [5.41, 5.74) is 2.13. The Labute approximate surface area is 117 Å². The van der Waals surface area contributed by atoms with E-state index in [1.807, 2.05) is 30.3 Å². The first kappa shape index (κ1) is 12.4. The van der Waals surface area contributed by atoms with Crippen LogP contribution in [-0.4, -0.2) is 5.91 Å². The number of hydrogen-bond acceptors (Lipinski definition) is 2. The molecule has 2 nitrogen and oxygen atoms in total. The topological polar surface area (TPSA) is 29.1 Å². The largest absolute Gasteiger partial charge is 0.314 e. The number of carbonyl (C=O) groups is 1. The first-order valence-corrected chi connectivity index (χ1v) is 7.52. The zero-order valence-corrected chi connectivity index (χ0v) is 11.8. The lowest BCUT2D eigenvalue weighted by Gasteiger charge is -2.16. The van der Waals surface area contributed by atoms with E-state index in [0.29, 0.717) is 5.56 Å². The van der Waals surface area contributed by atoms with E-state index >= 15 is 0 Å². The minimum absolute atomic E-state index is 0.0211. The molecule has 0 fully saturated rings. The predicted molar refractivity (Wildman–Crippen MR) is 79.9 cm³/mol. The SMILES string of the molecule is CC1CCc2cc(NC(=O)c3ccccc3)sc2C1. The number of anilines is 1. The molecule has 3 rings (SSSR count). The summed E-state index contributed by atoms with van der Waals surface area (Å²) in [6, 6.07) is 11.5. The van der Waals surface area contributed by atoms with E-state index in [1.54, 1.807) is 11.3 Å². The van der Waals surface area contributed by atoms with Gasteiger partial charge in [-0.3, -0.25) is 4.79 Å². The second kappa shape index (κ2) is 5.17. The van der Waals surface area contributed by atoms with Gasteiger partial charge in [-0.25, -0.2) is 0 Å². The van der Waals surface area contributed by atoms with Crippen LogP contribution >= 0.6 is 11.3 Å². The third-order valence-electron chi connectivity index (χ3n) is 3.61. The average molecular weight is 271 g/mol. The van der Waals surface area contributed by atoms with E-state index in [-0.39, 0.29) is 5.91 Å². The lowest BCUT2D eigenvalue weighted by Crippen LogP contribution is -2.10. The zero-order valence-electron chi connectivity index (χ0n) is 11.0. The summed E-state index contributed by atoms with van der Waals surface area (Å²) < 4.78 is 0. The van der Waals surface area contributed by atoms with Crippen LogP contribution in [0.5, 0.6) is 0 Å². The van der Waals surface area contributed by atoms with Crippen LogP contribution in [0.25, 0.3) is 0 Å². The Morgan fingerprint density at radius 3 is 2.89 bits per heavy atom. The Morgan fingerprint density at radius 1 is 1.32 bits per heavy atom. The molecule has 0 bridgehead atoms. The number of fused-ring (bicyclic) bond motifs is 1. The van der Waals surface area contributed by atoms with Crippen LogP contribution in [0.15, 0.2) is 36.4 Å². The highest BCUT2D eigenvalue weighted by Gasteiger charge is 2.19. The van der Waals surface area contributed by atoms with Gasteiger partial charge in [-0.2, -0.15) is 0 Å². The van der Waals surface area contributed by atoms with Crippen LogP contribution in [0.2, 0.25) is 0 Å². The molecule has 1 aliphatic carbocycles. The highest BCUT2D eigenvalue weighted by Crippen LogP contribution is 2.35. The third-order valence-corrected chi connectivity index (χ3v) is 4.72. The maximum absolute atomic E-state index is 12.1. The van der Waals surface area contributed by atoms with Gasteiger partial charge in [-0.1, -0.05) is 25.1 Å². The van der Waals surface area contributed by atoms with Crippen molar-refractivity contribution in [2.45, 2.75) is 26.2 Å². The number of carbonyl (C=O) groups excluding carboxylic acids is 1. The molecule has 0 radical (unpaired) electrons. The molecule has 1 N–H and O–H groups in total. The van der Waals surface area contributed by atoms with Crippen LogP contribution in [0, 0.1) is 5.92 Å². The number of thiophene rings is 1. The summed E-state index contributed by atoms with van der Waals surface area (Å²) in [5, 5.41) is 3.99.